The fourth-order valence-electron chi connectivity index (χ4n) is 7.31. The highest BCUT2D eigenvalue weighted by molar-refractivity contribution is 5.89. The molecular weight excluding hydrogens is 352 g/mol. The van der Waals surface area contributed by atoms with Crippen LogP contribution in [0.1, 0.15) is 66.2 Å². The van der Waals surface area contributed by atoms with Crippen LogP contribution in [0.3, 0.4) is 0 Å². The Balaban J connectivity index is 1.58. The molecule has 156 valence electrons. The monoisotopic (exact) mass is 388 g/mol. The van der Waals surface area contributed by atoms with Crippen molar-refractivity contribution in [2.24, 2.45) is 28.6 Å². The molecule has 0 saturated heterocycles. The largest absolute Gasteiger partial charge is 0.381 e. The van der Waals surface area contributed by atoms with Gasteiger partial charge < -0.3 is 15.3 Å². The van der Waals surface area contributed by atoms with Crippen molar-refractivity contribution in [1.29, 1.82) is 0 Å². The maximum Gasteiger partial charge on any atom is 0.251 e. The first-order chi connectivity index (χ1) is 13.0. The number of hydrogen-bond acceptors (Lipinski definition) is 3. The van der Waals surface area contributed by atoms with Crippen molar-refractivity contribution in [3.05, 3.63) is 12.2 Å². The molecule has 2 N–H and O–H groups in total. The molecule has 5 nitrogen and oxygen atoms in total. The fraction of sp³-hybridized carbons (Fsp3) is 0.826. The quantitative estimate of drug-likeness (QED) is 0.764. The molecule has 4 rings (SSSR count). The lowest BCUT2D eigenvalue weighted by Gasteiger charge is -2.60. The van der Waals surface area contributed by atoms with Crippen molar-refractivity contribution in [2.75, 3.05) is 7.05 Å². The van der Waals surface area contributed by atoms with E-state index < -0.39 is 5.60 Å². The molecule has 0 spiro atoms. The minimum atomic E-state index is -1.33. The number of nitrogens with zero attached hydrogens (tertiary/aromatic N) is 1. The number of amides is 2. The fourth-order valence-corrected chi connectivity index (χ4v) is 7.31. The normalized spacial score (nSPS) is 45.3. The van der Waals surface area contributed by atoms with Crippen molar-refractivity contribution < 1.29 is 14.7 Å². The predicted octanol–water partition coefficient (Wildman–Crippen LogP) is 2.88. The first kappa shape index (κ1) is 19.9. The standard InChI is InChI=1S/C23H36N2O3/c1-21(2,28)20(27)24-17-8-7-15-14-6-9-18-23(4,13-11-19(26)25(18)5)16(14)10-12-22(15,17)3/h11,13-18,28H,6-10,12H2,1-5H3,(H,24,27)/t14-,15-,16-,17?,18+,22-,23+/m0/s1. The van der Waals surface area contributed by atoms with Crippen molar-refractivity contribution >= 4 is 11.8 Å². The van der Waals surface area contributed by atoms with E-state index in [2.05, 4.69) is 25.2 Å². The maximum absolute atomic E-state index is 12.4. The second-order valence-corrected chi connectivity index (χ2v) is 10.8. The lowest BCUT2D eigenvalue weighted by molar-refractivity contribution is -0.141. The maximum atomic E-state index is 12.4. The molecule has 5 heteroatoms. The highest BCUT2D eigenvalue weighted by Gasteiger charge is 2.60. The summed E-state index contributed by atoms with van der Waals surface area (Å²) >= 11 is 0. The van der Waals surface area contributed by atoms with Crippen LogP contribution in [-0.4, -0.2) is 46.6 Å². The van der Waals surface area contributed by atoms with E-state index in [1.807, 2.05) is 11.9 Å². The second kappa shape index (κ2) is 6.32. The zero-order valence-corrected chi connectivity index (χ0v) is 18.0. The van der Waals surface area contributed by atoms with Gasteiger partial charge in [-0.25, -0.2) is 0 Å². The van der Waals surface area contributed by atoms with Crippen LogP contribution < -0.4 is 5.32 Å². The van der Waals surface area contributed by atoms with Gasteiger partial charge in [-0.3, -0.25) is 9.59 Å². The Bertz CT molecular complexity index is 711. The summed E-state index contributed by atoms with van der Waals surface area (Å²) in [5, 5.41) is 13.2. The van der Waals surface area contributed by atoms with Crippen LogP contribution in [0, 0.1) is 28.6 Å². The summed E-state index contributed by atoms with van der Waals surface area (Å²) in [5.41, 5.74) is -1.17. The van der Waals surface area contributed by atoms with Crippen LogP contribution in [0.2, 0.25) is 0 Å². The van der Waals surface area contributed by atoms with Crippen LogP contribution in [0.5, 0.6) is 0 Å². The average molecular weight is 389 g/mol. The van der Waals surface area contributed by atoms with E-state index in [9.17, 15) is 14.7 Å². The van der Waals surface area contributed by atoms with Crippen LogP contribution in [0.25, 0.3) is 0 Å². The molecule has 0 aromatic carbocycles. The number of carbonyl (C=O) groups is 2. The first-order valence-corrected chi connectivity index (χ1v) is 11.0. The highest BCUT2D eigenvalue weighted by atomic mass is 16.3. The molecule has 0 radical (unpaired) electrons. The molecule has 1 aliphatic heterocycles. The van der Waals surface area contributed by atoms with Gasteiger partial charge in [-0.1, -0.05) is 19.9 Å². The lowest BCUT2D eigenvalue weighted by Crippen LogP contribution is -2.61. The van der Waals surface area contributed by atoms with Crippen LogP contribution in [-0.2, 0) is 9.59 Å². The van der Waals surface area contributed by atoms with Gasteiger partial charge in [0.25, 0.3) is 5.91 Å². The second-order valence-electron chi connectivity index (χ2n) is 10.8. The minimum Gasteiger partial charge on any atom is -0.381 e. The van der Waals surface area contributed by atoms with Crippen molar-refractivity contribution in [3.63, 3.8) is 0 Å². The summed E-state index contributed by atoms with van der Waals surface area (Å²) in [5.74, 6) is 1.73. The summed E-state index contributed by atoms with van der Waals surface area (Å²) in [6, 6.07) is 0.455. The van der Waals surface area contributed by atoms with Crippen LogP contribution in [0.4, 0.5) is 0 Å². The molecule has 0 bridgehead atoms. The van der Waals surface area contributed by atoms with Crippen molar-refractivity contribution in [2.45, 2.75) is 83.9 Å². The van der Waals surface area contributed by atoms with Crippen molar-refractivity contribution in [1.82, 2.24) is 10.2 Å². The summed E-state index contributed by atoms with van der Waals surface area (Å²) in [4.78, 5) is 26.6. The van der Waals surface area contributed by atoms with E-state index in [1.54, 1.807) is 19.9 Å². The molecule has 3 saturated carbocycles. The van der Waals surface area contributed by atoms with Gasteiger partial charge in [-0.15, -0.1) is 0 Å². The summed E-state index contributed by atoms with van der Waals surface area (Å²) < 4.78 is 0. The Morgan fingerprint density at radius 1 is 1.18 bits per heavy atom. The predicted molar refractivity (Wildman–Crippen MR) is 108 cm³/mol. The highest BCUT2D eigenvalue weighted by Crippen LogP contribution is 2.63. The molecule has 3 aliphatic carbocycles. The summed E-state index contributed by atoms with van der Waals surface area (Å²) in [6.07, 6.45) is 10.6. The van der Waals surface area contributed by atoms with E-state index in [1.165, 1.54) is 6.42 Å². The van der Waals surface area contributed by atoms with Crippen molar-refractivity contribution in [3.8, 4) is 0 Å². The Morgan fingerprint density at radius 2 is 1.89 bits per heavy atom. The number of nitrogens with one attached hydrogen (secondary N) is 1. The summed E-state index contributed by atoms with van der Waals surface area (Å²) in [6.45, 7) is 7.84. The average Bonchev–Trinajstić information content (AvgIpc) is 2.94. The molecule has 3 fully saturated rings. The topological polar surface area (TPSA) is 69.6 Å². The number of fused-ring (bicyclic) bond motifs is 5. The van der Waals surface area contributed by atoms with Crippen LogP contribution >= 0.6 is 0 Å². The van der Waals surface area contributed by atoms with E-state index in [-0.39, 0.29) is 28.7 Å². The Hall–Kier alpha value is -1.36. The third kappa shape index (κ3) is 2.76. The van der Waals surface area contributed by atoms with Gasteiger partial charge in [0.05, 0.1) is 0 Å². The molecular formula is C23H36N2O3. The van der Waals surface area contributed by atoms with E-state index in [0.29, 0.717) is 23.8 Å². The Labute approximate surface area is 168 Å². The first-order valence-electron chi connectivity index (χ1n) is 11.0. The molecule has 0 aromatic rings. The number of aliphatic hydroxyl groups is 1. The number of hydrogen-bond donors (Lipinski definition) is 2. The Kier molecular flexibility index (Phi) is 4.50. The van der Waals surface area contributed by atoms with Gasteiger partial charge in [0.15, 0.2) is 0 Å². The molecule has 7 atom stereocenters. The lowest BCUT2D eigenvalue weighted by atomic mass is 9.48. The van der Waals surface area contributed by atoms with Crippen LogP contribution in [0.15, 0.2) is 12.2 Å². The van der Waals surface area contributed by atoms with E-state index >= 15 is 0 Å². The van der Waals surface area contributed by atoms with Gasteiger partial charge in [0.2, 0.25) is 5.91 Å². The zero-order chi connectivity index (χ0) is 20.5. The van der Waals surface area contributed by atoms with Gasteiger partial charge in [-0.05, 0) is 81.6 Å². The van der Waals surface area contributed by atoms with Gasteiger partial charge in [-0.2, -0.15) is 0 Å². The molecule has 0 aromatic heterocycles. The number of carbonyl (C=O) groups excluding carboxylic acids is 2. The summed E-state index contributed by atoms with van der Waals surface area (Å²) in [7, 11) is 1.96. The zero-order valence-electron chi connectivity index (χ0n) is 18.0. The van der Waals surface area contributed by atoms with E-state index in [0.717, 1.165) is 32.1 Å². The number of likely N-dealkylation sites (N-methyl/N-ethyl adjacent to an activating group) is 1. The minimum absolute atomic E-state index is 0.0569. The molecule has 2 amide bonds. The third-order valence-electron chi connectivity index (χ3n) is 8.99. The number of rotatable bonds is 2. The SMILES string of the molecule is CN1C(=O)C=C[C@]2(C)[C@H]3CC[C@]4(C)C(NC(=O)C(C)(C)O)CC[C@H]4[C@@H]3CC[C@@H]12. The van der Waals surface area contributed by atoms with Gasteiger partial charge in [0, 0.05) is 24.5 Å². The van der Waals surface area contributed by atoms with Gasteiger partial charge in [0.1, 0.15) is 5.60 Å². The third-order valence-corrected chi connectivity index (χ3v) is 8.99. The smallest absolute Gasteiger partial charge is 0.251 e. The molecule has 4 aliphatic rings. The van der Waals surface area contributed by atoms with Gasteiger partial charge >= 0.3 is 0 Å². The van der Waals surface area contributed by atoms with E-state index in [4.69, 9.17) is 0 Å². The Morgan fingerprint density at radius 3 is 2.57 bits per heavy atom. The molecule has 1 unspecified atom stereocenters. The molecule has 1 heterocycles. The molecule has 28 heavy (non-hydrogen) atoms.